The van der Waals surface area contributed by atoms with Gasteiger partial charge in [0.05, 0.1) is 10.0 Å². The van der Waals surface area contributed by atoms with Gasteiger partial charge in [-0.05, 0) is 45.8 Å². The molecule has 0 aromatic heterocycles. The van der Waals surface area contributed by atoms with Gasteiger partial charge in [-0.1, -0.05) is 18.2 Å². The number of carbonyl (C=O) groups is 1. The number of hydrogen-bond donors (Lipinski definition) is 1. The summed E-state index contributed by atoms with van der Waals surface area (Å²) < 4.78 is 14.1. The topological polar surface area (TPSA) is 32.3 Å². The Morgan fingerprint density at radius 3 is 2.48 bits per heavy atom. The van der Waals surface area contributed by atoms with E-state index in [9.17, 15) is 9.18 Å². The van der Waals surface area contributed by atoms with Crippen LogP contribution in [0.4, 0.5) is 10.1 Å². The summed E-state index contributed by atoms with van der Waals surface area (Å²) in [5.41, 5.74) is 2.08. The fourth-order valence-corrected chi connectivity index (χ4v) is 2.23. The molecule has 0 heterocycles. The summed E-state index contributed by atoms with van der Waals surface area (Å²) in [6.45, 7) is 0.360. The molecule has 2 rings (SSSR count). The van der Waals surface area contributed by atoms with Crippen LogP contribution in [0.3, 0.4) is 0 Å². The average Bonchev–Trinajstić information content (AvgIpc) is 2.48. The molecule has 0 aliphatic rings. The molecule has 2 aromatic rings. The van der Waals surface area contributed by atoms with Crippen LogP contribution in [0.25, 0.3) is 0 Å². The van der Waals surface area contributed by atoms with Crippen LogP contribution in [0.5, 0.6) is 0 Å². The standard InChI is InChI=1S/C16H16BrFN2O/c1-20(2)12-8-6-11(7-9-12)10-19-16(21)13-4-3-5-14(17)15(13)18/h3-9H,10H2,1-2H3,(H,19,21). The molecule has 0 fully saturated rings. The molecule has 0 atom stereocenters. The Balaban J connectivity index is 2.02. The Morgan fingerprint density at radius 1 is 1.19 bits per heavy atom. The Bertz CT molecular complexity index is 641. The summed E-state index contributed by atoms with van der Waals surface area (Å²) in [5.74, 6) is -0.969. The second-order valence-corrected chi connectivity index (χ2v) is 5.70. The molecule has 0 saturated carbocycles. The lowest BCUT2D eigenvalue weighted by atomic mass is 10.1. The number of nitrogens with zero attached hydrogens (tertiary/aromatic N) is 1. The first-order valence-corrected chi connectivity index (χ1v) is 7.27. The number of nitrogens with one attached hydrogen (secondary N) is 1. The Morgan fingerprint density at radius 2 is 1.86 bits per heavy atom. The maximum absolute atomic E-state index is 13.8. The predicted molar refractivity (Wildman–Crippen MR) is 86.0 cm³/mol. The average molecular weight is 351 g/mol. The van der Waals surface area contributed by atoms with Crippen LogP contribution in [0, 0.1) is 5.82 Å². The molecular weight excluding hydrogens is 335 g/mol. The SMILES string of the molecule is CN(C)c1ccc(CNC(=O)c2cccc(Br)c2F)cc1. The molecule has 0 spiro atoms. The minimum atomic E-state index is -0.544. The summed E-state index contributed by atoms with van der Waals surface area (Å²) in [6.07, 6.45) is 0. The van der Waals surface area contributed by atoms with Crippen LogP contribution >= 0.6 is 15.9 Å². The highest BCUT2D eigenvalue weighted by Gasteiger charge is 2.13. The fourth-order valence-electron chi connectivity index (χ4n) is 1.87. The Hall–Kier alpha value is -1.88. The van der Waals surface area contributed by atoms with Crippen molar-refractivity contribution in [2.45, 2.75) is 6.54 Å². The van der Waals surface area contributed by atoms with Crippen molar-refractivity contribution in [3.63, 3.8) is 0 Å². The highest BCUT2D eigenvalue weighted by Crippen LogP contribution is 2.18. The summed E-state index contributed by atoms with van der Waals surface area (Å²) in [4.78, 5) is 14.0. The maximum Gasteiger partial charge on any atom is 0.254 e. The minimum absolute atomic E-state index is 0.0364. The first-order valence-electron chi connectivity index (χ1n) is 6.47. The van der Waals surface area contributed by atoms with E-state index >= 15 is 0 Å². The normalized spacial score (nSPS) is 10.3. The lowest BCUT2D eigenvalue weighted by Crippen LogP contribution is -2.24. The molecule has 0 saturated heterocycles. The molecule has 0 bridgehead atoms. The molecule has 0 unspecified atom stereocenters. The lowest BCUT2D eigenvalue weighted by molar-refractivity contribution is 0.0946. The van der Waals surface area contributed by atoms with Crippen molar-refractivity contribution in [3.8, 4) is 0 Å². The summed E-state index contributed by atoms with van der Waals surface area (Å²) >= 11 is 3.07. The molecule has 5 heteroatoms. The van der Waals surface area contributed by atoms with E-state index in [0.29, 0.717) is 6.54 Å². The first-order chi connectivity index (χ1) is 9.99. The number of benzene rings is 2. The van der Waals surface area contributed by atoms with Crippen LogP contribution in [0.1, 0.15) is 15.9 Å². The van der Waals surface area contributed by atoms with Gasteiger partial charge < -0.3 is 10.2 Å². The zero-order chi connectivity index (χ0) is 15.4. The van der Waals surface area contributed by atoms with Crippen molar-refractivity contribution >= 4 is 27.5 Å². The van der Waals surface area contributed by atoms with Gasteiger partial charge in [0, 0.05) is 26.3 Å². The van der Waals surface area contributed by atoms with E-state index < -0.39 is 11.7 Å². The molecule has 2 aromatic carbocycles. The second-order valence-electron chi connectivity index (χ2n) is 4.84. The largest absolute Gasteiger partial charge is 0.378 e. The van der Waals surface area contributed by atoms with Crippen molar-refractivity contribution in [2.75, 3.05) is 19.0 Å². The third kappa shape index (κ3) is 3.82. The summed E-state index contributed by atoms with van der Waals surface area (Å²) in [7, 11) is 3.93. The number of hydrogen-bond acceptors (Lipinski definition) is 2. The molecule has 21 heavy (non-hydrogen) atoms. The summed E-state index contributed by atoms with van der Waals surface area (Å²) in [6, 6.07) is 12.5. The lowest BCUT2D eigenvalue weighted by Gasteiger charge is -2.13. The second kappa shape index (κ2) is 6.72. The molecule has 1 N–H and O–H groups in total. The number of anilines is 1. The molecule has 0 radical (unpaired) electrons. The van der Waals surface area contributed by atoms with Crippen molar-refractivity contribution in [2.24, 2.45) is 0 Å². The van der Waals surface area contributed by atoms with Gasteiger partial charge in [0.2, 0.25) is 0 Å². The van der Waals surface area contributed by atoms with Gasteiger partial charge in [0.1, 0.15) is 5.82 Å². The van der Waals surface area contributed by atoms with E-state index in [-0.39, 0.29) is 10.0 Å². The molecule has 1 amide bonds. The van der Waals surface area contributed by atoms with Gasteiger partial charge in [0.15, 0.2) is 0 Å². The van der Waals surface area contributed by atoms with Crippen LogP contribution < -0.4 is 10.2 Å². The van der Waals surface area contributed by atoms with Gasteiger partial charge in [0.25, 0.3) is 5.91 Å². The number of carbonyl (C=O) groups excluding carboxylic acids is 1. The van der Waals surface area contributed by atoms with E-state index in [1.165, 1.54) is 6.07 Å². The van der Waals surface area contributed by atoms with E-state index in [1.807, 2.05) is 43.3 Å². The molecule has 0 aliphatic carbocycles. The van der Waals surface area contributed by atoms with Gasteiger partial charge in [-0.3, -0.25) is 4.79 Å². The van der Waals surface area contributed by atoms with Crippen molar-refractivity contribution < 1.29 is 9.18 Å². The van der Waals surface area contributed by atoms with E-state index in [2.05, 4.69) is 21.2 Å². The first kappa shape index (κ1) is 15.5. The summed E-state index contributed by atoms with van der Waals surface area (Å²) in [5, 5.41) is 2.72. The predicted octanol–water partition coefficient (Wildman–Crippen LogP) is 3.58. The van der Waals surface area contributed by atoms with Crippen LogP contribution in [-0.4, -0.2) is 20.0 Å². The monoisotopic (exact) mass is 350 g/mol. The fraction of sp³-hybridized carbons (Fsp3) is 0.188. The van der Waals surface area contributed by atoms with Crippen LogP contribution in [0.2, 0.25) is 0 Å². The smallest absolute Gasteiger partial charge is 0.254 e. The third-order valence-electron chi connectivity index (χ3n) is 3.10. The highest BCUT2D eigenvalue weighted by molar-refractivity contribution is 9.10. The number of rotatable bonds is 4. The Kier molecular flexibility index (Phi) is 4.96. The molecule has 0 aliphatic heterocycles. The quantitative estimate of drug-likeness (QED) is 0.913. The van der Waals surface area contributed by atoms with Crippen LogP contribution in [0.15, 0.2) is 46.9 Å². The number of amides is 1. The van der Waals surface area contributed by atoms with Gasteiger partial charge in [-0.25, -0.2) is 4.39 Å². The van der Waals surface area contributed by atoms with E-state index in [4.69, 9.17) is 0 Å². The zero-order valence-corrected chi connectivity index (χ0v) is 13.4. The van der Waals surface area contributed by atoms with Gasteiger partial charge >= 0.3 is 0 Å². The third-order valence-corrected chi connectivity index (χ3v) is 3.71. The van der Waals surface area contributed by atoms with Crippen molar-refractivity contribution in [1.82, 2.24) is 5.32 Å². The molecule has 3 nitrogen and oxygen atoms in total. The highest BCUT2D eigenvalue weighted by atomic mass is 79.9. The van der Waals surface area contributed by atoms with E-state index in [0.717, 1.165) is 11.3 Å². The maximum atomic E-state index is 13.8. The minimum Gasteiger partial charge on any atom is -0.378 e. The van der Waals surface area contributed by atoms with Gasteiger partial charge in [-0.15, -0.1) is 0 Å². The number of halogens is 2. The van der Waals surface area contributed by atoms with Crippen LogP contribution in [-0.2, 0) is 6.54 Å². The van der Waals surface area contributed by atoms with E-state index in [1.54, 1.807) is 12.1 Å². The molecule has 110 valence electrons. The van der Waals surface area contributed by atoms with Crippen molar-refractivity contribution in [1.29, 1.82) is 0 Å². The Labute approximate surface area is 131 Å². The van der Waals surface area contributed by atoms with Gasteiger partial charge in [-0.2, -0.15) is 0 Å². The molecular formula is C16H16BrFN2O. The zero-order valence-electron chi connectivity index (χ0n) is 11.9. The van der Waals surface area contributed by atoms with Crippen molar-refractivity contribution in [3.05, 3.63) is 63.9 Å².